The number of likely N-dealkylation sites (N-methyl/N-ethyl adjacent to an activating group) is 1. The zero-order chi connectivity index (χ0) is 21.5. The molecule has 30 heavy (non-hydrogen) atoms. The molecule has 0 N–H and O–H groups in total. The fraction of sp³-hybridized carbons (Fsp3) is 0.300. The first-order valence-corrected chi connectivity index (χ1v) is 9.24. The Morgan fingerprint density at radius 1 is 1.00 bits per heavy atom. The molecular weight excluding hydrogens is 404 g/mol. The van der Waals surface area contributed by atoms with Crippen LogP contribution in [0, 0.1) is 5.82 Å². The lowest BCUT2D eigenvalue weighted by molar-refractivity contribution is -0.274. The molecule has 1 aliphatic rings. The fourth-order valence-corrected chi connectivity index (χ4v) is 3.41. The van der Waals surface area contributed by atoms with Crippen LogP contribution in [0.2, 0.25) is 0 Å². The maximum Gasteiger partial charge on any atom is 0.573 e. The van der Waals surface area contributed by atoms with Gasteiger partial charge >= 0.3 is 6.36 Å². The third-order valence-electron chi connectivity index (χ3n) is 4.95. The van der Waals surface area contributed by atoms with Crippen molar-refractivity contribution in [2.24, 2.45) is 0 Å². The molecule has 3 aromatic rings. The number of hydrogen-bond acceptors (Lipinski definition) is 5. The minimum absolute atomic E-state index is 0.0373. The Labute approximate surface area is 168 Å². The second-order valence-electron chi connectivity index (χ2n) is 7.02. The molecule has 0 bridgehead atoms. The molecule has 1 fully saturated rings. The van der Waals surface area contributed by atoms with Crippen LogP contribution in [0.3, 0.4) is 0 Å². The first kappa shape index (κ1) is 20.1. The highest BCUT2D eigenvalue weighted by atomic mass is 19.4. The summed E-state index contributed by atoms with van der Waals surface area (Å²) >= 11 is 0. The normalized spacial score (nSPS) is 15.6. The maximum atomic E-state index is 14.4. The van der Waals surface area contributed by atoms with Crippen molar-refractivity contribution in [1.29, 1.82) is 0 Å². The summed E-state index contributed by atoms with van der Waals surface area (Å²) in [6.45, 7) is 2.59. The van der Waals surface area contributed by atoms with E-state index in [1.165, 1.54) is 34.9 Å². The van der Waals surface area contributed by atoms with E-state index in [1.54, 1.807) is 0 Å². The van der Waals surface area contributed by atoms with E-state index in [9.17, 15) is 22.4 Å². The largest absolute Gasteiger partial charge is 0.573 e. The molecule has 0 spiro atoms. The average molecular weight is 422 g/mol. The number of benzene rings is 2. The molecule has 0 radical (unpaired) electrons. The van der Waals surface area contributed by atoms with Gasteiger partial charge in [-0.1, -0.05) is 6.07 Å². The highest BCUT2D eigenvalue weighted by Crippen LogP contribution is 2.26. The summed E-state index contributed by atoms with van der Waals surface area (Å²) < 4.78 is 56.9. The number of halogens is 4. The molecule has 0 atom stereocenters. The van der Waals surface area contributed by atoms with Crippen molar-refractivity contribution in [3.63, 3.8) is 0 Å². The van der Waals surface area contributed by atoms with Crippen molar-refractivity contribution in [2.45, 2.75) is 6.36 Å². The monoisotopic (exact) mass is 422 g/mol. The van der Waals surface area contributed by atoms with E-state index in [0.717, 1.165) is 25.2 Å². The number of para-hydroxylation sites is 1. The molecule has 4 rings (SSSR count). The van der Waals surface area contributed by atoms with Gasteiger partial charge in [0, 0.05) is 26.2 Å². The zero-order valence-corrected chi connectivity index (χ0v) is 16.0. The van der Waals surface area contributed by atoms with Crippen LogP contribution in [0.15, 0.2) is 47.3 Å². The Morgan fingerprint density at radius 3 is 2.30 bits per heavy atom. The number of anilines is 1. The van der Waals surface area contributed by atoms with Gasteiger partial charge in [0.05, 0.1) is 11.1 Å². The molecule has 0 unspecified atom stereocenters. The number of nitrogens with zero attached hydrogens (tertiary/aromatic N) is 4. The van der Waals surface area contributed by atoms with Gasteiger partial charge < -0.3 is 14.5 Å². The summed E-state index contributed by atoms with van der Waals surface area (Å²) in [5.41, 5.74) is -0.232. The minimum Gasteiger partial charge on any atom is -0.406 e. The van der Waals surface area contributed by atoms with Crippen LogP contribution in [0.4, 0.5) is 23.5 Å². The van der Waals surface area contributed by atoms with Crippen LogP contribution < -0.4 is 15.2 Å². The van der Waals surface area contributed by atoms with Crippen LogP contribution in [0.5, 0.6) is 5.75 Å². The van der Waals surface area contributed by atoms with E-state index in [-0.39, 0.29) is 16.9 Å². The third-order valence-corrected chi connectivity index (χ3v) is 4.95. The molecule has 1 aromatic heterocycles. The number of hydrogen-bond donors (Lipinski definition) is 0. The molecule has 10 heteroatoms. The number of alkyl halides is 3. The highest BCUT2D eigenvalue weighted by Gasteiger charge is 2.31. The van der Waals surface area contributed by atoms with E-state index in [4.69, 9.17) is 0 Å². The number of ether oxygens (including phenoxy) is 1. The Bertz CT molecular complexity index is 1120. The minimum atomic E-state index is -4.81. The van der Waals surface area contributed by atoms with Gasteiger partial charge in [0.1, 0.15) is 17.1 Å². The van der Waals surface area contributed by atoms with Crippen LogP contribution >= 0.6 is 0 Å². The Hall–Kier alpha value is -3.14. The van der Waals surface area contributed by atoms with Gasteiger partial charge in [-0.2, -0.15) is 0 Å². The zero-order valence-electron chi connectivity index (χ0n) is 16.0. The summed E-state index contributed by atoms with van der Waals surface area (Å²) in [7, 11) is 1.97. The number of fused-ring (bicyclic) bond motifs is 1. The second-order valence-corrected chi connectivity index (χ2v) is 7.02. The molecule has 0 aliphatic carbocycles. The predicted molar refractivity (Wildman–Crippen MR) is 104 cm³/mol. The number of piperazine rings is 1. The molecule has 2 aromatic carbocycles. The first-order valence-electron chi connectivity index (χ1n) is 9.24. The van der Waals surface area contributed by atoms with Gasteiger partial charge in [-0.15, -0.1) is 13.2 Å². The van der Waals surface area contributed by atoms with Gasteiger partial charge in [0.2, 0.25) is 5.95 Å². The topological polar surface area (TPSA) is 50.6 Å². The van der Waals surface area contributed by atoms with Crippen LogP contribution in [0.1, 0.15) is 0 Å². The first-order chi connectivity index (χ1) is 14.2. The Balaban J connectivity index is 1.86. The molecular formula is C20H18F4N4O2. The van der Waals surface area contributed by atoms with Crippen molar-refractivity contribution >= 4 is 16.9 Å². The van der Waals surface area contributed by atoms with E-state index < -0.39 is 23.5 Å². The lowest BCUT2D eigenvalue weighted by Crippen LogP contribution is -2.46. The average Bonchev–Trinajstić information content (AvgIpc) is 2.69. The quantitative estimate of drug-likeness (QED) is 0.607. The van der Waals surface area contributed by atoms with Crippen molar-refractivity contribution < 1.29 is 22.3 Å². The molecule has 158 valence electrons. The van der Waals surface area contributed by atoms with E-state index in [2.05, 4.69) is 14.6 Å². The van der Waals surface area contributed by atoms with E-state index in [1.807, 2.05) is 11.9 Å². The molecule has 2 heterocycles. The lowest BCUT2D eigenvalue weighted by atomic mass is 10.2. The van der Waals surface area contributed by atoms with Gasteiger partial charge in [0.25, 0.3) is 5.56 Å². The van der Waals surface area contributed by atoms with Crippen LogP contribution in [-0.4, -0.2) is 54.0 Å². The smallest absolute Gasteiger partial charge is 0.406 e. The standard InChI is InChI=1S/C20H18F4N4O2/c1-26-9-11-27(12-10-26)19-25-17-15(3-2-4-16(17)21)18(29)28(19)13-5-7-14(8-6-13)30-20(22,23)24/h2-8H,9-12H2,1H3. The summed E-state index contributed by atoms with van der Waals surface area (Å²) in [4.78, 5) is 21.6. The molecule has 0 saturated carbocycles. The Kier molecular flexibility index (Phi) is 5.10. The summed E-state index contributed by atoms with van der Waals surface area (Å²) in [6, 6.07) is 9.05. The van der Waals surface area contributed by atoms with Gasteiger partial charge in [-0.25, -0.2) is 13.9 Å². The second kappa shape index (κ2) is 7.60. The molecule has 0 amide bonds. The van der Waals surface area contributed by atoms with Crippen molar-refractivity contribution in [1.82, 2.24) is 14.5 Å². The van der Waals surface area contributed by atoms with E-state index >= 15 is 0 Å². The molecule has 1 saturated heterocycles. The number of aromatic nitrogens is 2. The molecule has 1 aliphatic heterocycles. The van der Waals surface area contributed by atoms with Crippen LogP contribution in [0.25, 0.3) is 16.6 Å². The summed E-state index contributed by atoms with van der Waals surface area (Å²) in [5.74, 6) is -0.767. The van der Waals surface area contributed by atoms with Crippen LogP contribution in [-0.2, 0) is 0 Å². The number of rotatable bonds is 3. The molecule has 6 nitrogen and oxygen atoms in total. The fourth-order valence-electron chi connectivity index (χ4n) is 3.41. The van der Waals surface area contributed by atoms with Gasteiger partial charge in [-0.3, -0.25) is 4.79 Å². The van der Waals surface area contributed by atoms with Crippen molar-refractivity contribution in [3.05, 3.63) is 58.6 Å². The Morgan fingerprint density at radius 2 is 1.67 bits per heavy atom. The van der Waals surface area contributed by atoms with Crippen molar-refractivity contribution in [3.8, 4) is 11.4 Å². The van der Waals surface area contributed by atoms with Crippen molar-refractivity contribution in [2.75, 3.05) is 38.1 Å². The lowest BCUT2D eigenvalue weighted by Gasteiger charge is -2.34. The maximum absolute atomic E-state index is 14.4. The van der Waals surface area contributed by atoms with Gasteiger partial charge in [-0.05, 0) is 43.4 Å². The SMILES string of the molecule is CN1CCN(c2nc3c(F)cccc3c(=O)n2-c2ccc(OC(F)(F)F)cc2)CC1. The van der Waals surface area contributed by atoms with E-state index in [0.29, 0.717) is 18.8 Å². The van der Waals surface area contributed by atoms with Gasteiger partial charge in [0.15, 0.2) is 0 Å². The highest BCUT2D eigenvalue weighted by molar-refractivity contribution is 5.80. The summed E-state index contributed by atoms with van der Waals surface area (Å²) in [5, 5.41) is 0.0866. The summed E-state index contributed by atoms with van der Waals surface area (Å²) in [6.07, 6.45) is -4.81. The predicted octanol–water partition coefficient (Wildman–Crippen LogP) is 3.18. The third kappa shape index (κ3) is 3.95.